The second-order valence-corrected chi connectivity index (χ2v) is 12.1. The van der Waals surface area contributed by atoms with Gasteiger partial charge in [-0.05, 0) is 32.8 Å². The summed E-state index contributed by atoms with van der Waals surface area (Å²) in [5, 5.41) is 15.5. The molecule has 1 unspecified atom stereocenters. The maximum absolute atomic E-state index is 12.4. The first-order valence-corrected chi connectivity index (χ1v) is 15.8. The van der Waals surface area contributed by atoms with Crippen LogP contribution >= 0.6 is 11.6 Å². The maximum atomic E-state index is 12.4. The van der Waals surface area contributed by atoms with Crippen molar-refractivity contribution in [3.63, 3.8) is 0 Å². The molecule has 9 heteroatoms. The molecule has 0 radical (unpaired) electrons. The van der Waals surface area contributed by atoms with E-state index in [0.29, 0.717) is 29.8 Å². The molecule has 0 aliphatic heterocycles. The number of nitrogens with zero attached hydrogens (tertiary/aromatic N) is 3. The summed E-state index contributed by atoms with van der Waals surface area (Å²) in [6.45, 7) is 9.10. The van der Waals surface area contributed by atoms with Gasteiger partial charge in [0.1, 0.15) is 11.6 Å². The van der Waals surface area contributed by atoms with E-state index in [4.69, 9.17) is 21.1 Å². The summed E-state index contributed by atoms with van der Waals surface area (Å²) < 4.78 is 13.5. The molecule has 0 saturated carbocycles. The van der Waals surface area contributed by atoms with Crippen molar-refractivity contribution in [2.45, 2.75) is 116 Å². The van der Waals surface area contributed by atoms with Crippen molar-refractivity contribution in [1.82, 2.24) is 25.1 Å². The summed E-state index contributed by atoms with van der Waals surface area (Å²) in [5.74, 6) is 0.396. The molecule has 0 spiro atoms. The number of rotatable bonds is 21. The lowest BCUT2D eigenvalue weighted by molar-refractivity contribution is -0.145. The van der Waals surface area contributed by atoms with Crippen molar-refractivity contribution in [3.05, 3.63) is 52.4 Å². The topological polar surface area (TPSA) is 93.5 Å². The number of ether oxygens (including phenoxy) is 2. The van der Waals surface area contributed by atoms with Gasteiger partial charge in [0.2, 0.25) is 0 Å². The molecule has 1 atom stereocenters. The first kappa shape index (κ1) is 33.1. The fourth-order valence-electron chi connectivity index (χ4n) is 5.00. The Morgan fingerprint density at radius 3 is 2.39 bits per heavy atom. The highest BCUT2D eigenvalue weighted by atomic mass is 35.5. The van der Waals surface area contributed by atoms with E-state index in [9.17, 15) is 4.79 Å². The third-order valence-electron chi connectivity index (χ3n) is 7.54. The van der Waals surface area contributed by atoms with Gasteiger partial charge in [0.05, 0.1) is 30.4 Å². The minimum Gasteiger partial charge on any atom is -0.465 e. The average Bonchev–Trinajstić information content (AvgIpc) is 3.51. The normalized spacial score (nSPS) is 12.7. The summed E-state index contributed by atoms with van der Waals surface area (Å²) in [5.41, 5.74) is 2.03. The fraction of sp³-hybridized carbons (Fsp3) is 0.656. The summed E-state index contributed by atoms with van der Waals surface area (Å²) >= 11 is 6.28. The number of aromatic amines is 1. The smallest absolute Gasteiger partial charge is 0.307 e. The number of unbranched alkanes of at least 4 members (excludes halogenated alkanes) is 9. The predicted molar refractivity (Wildman–Crippen MR) is 165 cm³/mol. The molecule has 2 heterocycles. The molecule has 41 heavy (non-hydrogen) atoms. The summed E-state index contributed by atoms with van der Waals surface area (Å²) in [7, 11) is 0. The summed E-state index contributed by atoms with van der Waals surface area (Å²) in [4.78, 5) is 12.4. The van der Waals surface area contributed by atoms with Crippen molar-refractivity contribution in [2.24, 2.45) is 0 Å². The monoisotopic (exact) mass is 587 g/mol. The molecule has 2 aromatic heterocycles. The van der Waals surface area contributed by atoms with Crippen molar-refractivity contribution in [3.8, 4) is 0 Å². The van der Waals surface area contributed by atoms with E-state index >= 15 is 0 Å². The number of H-pyrrole nitrogens is 1. The average molecular weight is 588 g/mol. The zero-order valence-electron chi connectivity index (χ0n) is 25.5. The Labute approximate surface area is 250 Å². The SMILES string of the molecule is CCCCCCCCCCCCC(OCNCCC(=O)OCC(C)(C)c1n[nH]c2c(Cl)c(C)nn12)c1ccccc1. The molecular formula is C32H50ClN5O3. The molecule has 0 amide bonds. The zero-order valence-corrected chi connectivity index (χ0v) is 26.3. The predicted octanol–water partition coefficient (Wildman–Crippen LogP) is 7.85. The maximum Gasteiger partial charge on any atom is 0.307 e. The van der Waals surface area contributed by atoms with Crippen molar-refractivity contribution >= 4 is 23.2 Å². The molecule has 0 saturated heterocycles. The van der Waals surface area contributed by atoms with Crippen molar-refractivity contribution < 1.29 is 14.3 Å². The van der Waals surface area contributed by atoms with Crippen LogP contribution in [0.15, 0.2) is 30.3 Å². The Morgan fingerprint density at radius 2 is 1.71 bits per heavy atom. The first-order chi connectivity index (χ1) is 19.8. The van der Waals surface area contributed by atoms with E-state index in [1.807, 2.05) is 26.8 Å². The van der Waals surface area contributed by atoms with Gasteiger partial charge in [-0.15, -0.1) is 0 Å². The lowest BCUT2D eigenvalue weighted by Gasteiger charge is -2.21. The van der Waals surface area contributed by atoms with E-state index in [0.717, 1.165) is 18.5 Å². The zero-order chi connectivity index (χ0) is 29.5. The molecular weight excluding hydrogens is 538 g/mol. The van der Waals surface area contributed by atoms with Crippen molar-refractivity contribution in [2.75, 3.05) is 19.9 Å². The molecule has 0 bridgehead atoms. The Balaban J connectivity index is 1.32. The number of nitrogens with one attached hydrogen (secondary N) is 2. The summed E-state index contributed by atoms with van der Waals surface area (Å²) in [6.07, 6.45) is 14.5. The number of fused-ring (bicyclic) bond motifs is 1. The summed E-state index contributed by atoms with van der Waals surface area (Å²) in [6, 6.07) is 10.4. The Hall–Kier alpha value is -2.42. The van der Waals surface area contributed by atoms with Gasteiger partial charge in [0, 0.05) is 6.54 Å². The first-order valence-electron chi connectivity index (χ1n) is 15.5. The van der Waals surface area contributed by atoms with E-state index in [1.165, 1.54) is 63.4 Å². The van der Waals surface area contributed by atoms with Crippen LogP contribution in [0.4, 0.5) is 0 Å². The number of halogens is 1. The van der Waals surface area contributed by atoms with Gasteiger partial charge in [0.15, 0.2) is 11.5 Å². The fourth-order valence-corrected chi connectivity index (χ4v) is 5.16. The standard InChI is InChI=1S/C32H50ClN5O3/c1-5-6-7-8-9-10-11-12-13-17-20-27(26-18-15-14-16-19-26)41-24-34-22-21-28(39)40-23-32(3,4)31-36-35-30-29(33)25(2)37-38(30)31/h14-16,18-19,27,34-35H,5-13,17,20-24H2,1-4H3. The Kier molecular flexibility index (Phi) is 14.1. The van der Waals surface area contributed by atoms with Crippen LogP contribution in [-0.2, 0) is 19.7 Å². The van der Waals surface area contributed by atoms with E-state index in [-0.39, 0.29) is 25.1 Å². The molecule has 0 aliphatic rings. The van der Waals surface area contributed by atoms with E-state index in [1.54, 1.807) is 4.52 Å². The highest BCUT2D eigenvalue weighted by Gasteiger charge is 2.30. The van der Waals surface area contributed by atoms with Crippen molar-refractivity contribution in [1.29, 1.82) is 0 Å². The quantitative estimate of drug-likeness (QED) is 0.0749. The number of hydrogen-bond acceptors (Lipinski definition) is 6. The van der Waals surface area contributed by atoms with Crippen LogP contribution in [0.1, 0.15) is 121 Å². The van der Waals surface area contributed by atoms with Crippen LogP contribution in [0.5, 0.6) is 0 Å². The number of carbonyl (C=O) groups excluding carboxylic acids is 1. The molecule has 1 aromatic carbocycles. The van der Waals surface area contributed by atoms with Crippen LogP contribution in [-0.4, -0.2) is 45.7 Å². The second kappa shape index (κ2) is 17.5. The van der Waals surface area contributed by atoms with Gasteiger partial charge >= 0.3 is 5.97 Å². The third-order valence-corrected chi connectivity index (χ3v) is 7.99. The number of aromatic nitrogens is 4. The van der Waals surface area contributed by atoms with Crippen LogP contribution in [0, 0.1) is 6.92 Å². The highest BCUT2D eigenvalue weighted by Crippen LogP contribution is 2.27. The molecule has 8 nitrogen and oxygen atoms in total. The van der Waals surface area contributed by atoms with Gasteiger partial charge < -0.3 is 9.47 Å². The third kappa shape index (κ3) is 10.7. The minimum absolute atomic E-state index is 0.0515. The molecule has 228 valence electrons. The minimum atomic E-state index is -0.538. The molecule has 3 rings (SSSR count). The molecule has 0 fully saturated rings. The van der Waals surface area contributed by atoms with E-state index in [2.05, 4.69) is 51.8 Å². The van der Waals surface area contributed by atoms with Gasteiger partial charge in [-0.25, -0.2) is 0 Å². The molecule has 2 N–H and O–H groups in total. The van der Waals surface area contributed by atoms with Gasteiger partial charge in [-0.1, -0.05) is 113 Å². The van der Waals surface area contributed by atoms with Crippen LogP contribution in [0.25, 0.3) is 5.65 Å². The second-order valence-electron chi connectivity index (χ2n) is 11.7. The number of hydrogen-bond donors (Lipinski definition) is 2. The van der Waals surface area contributed by atoms with Crippen LogP contribution in [0.3, 0.4) is 0 Å². The van der Waals surface area contributed by atoms with Gasteiger partial charge in [0.25, 0.3) is 0 Å². The van der Waals surface area contributed by atoms with Gasteiger partial charge in [-0.2, -0.15) is 14.7 Å². The van der Waals surface area contributed by atoms with E-state index < -0.39 is 5.41 Å². The number of benzene rings is 1. The Morgan fingerprint density at radius 1 is 1.05 bits per heavy atom. The molecule has 3 aromatic rings. The lowest BCUT2D eigenvalue weighted by Crippen LogP contribution is -2.30. The largest absolute Gasteiger partial charge is 0.465 e. The molecule has 0 aliphatic carbocycles. The van der Waals surface area contributed by atoms with Crippen LogP contribution < -0.4 is 5.32 Å². The van der Waals surface area contributed by atoms with Crippen LogP contribution in [0.2, 0.25) is 5.02 Å². The van der Waals surface area contributed by atoms with Gasteiger partial charge in [-0.3, -0.25) is 15.2 Å². The Bertz CT molecular complexity index is 1160. The number of esters is 1. The number of aryl methyl sites for hydroxylation is 1. The lowest BCUT2D eigenvalue weighted by atomic mass is 9.94. The highest BCUT2D eigenvalue weighted by molar-refractivity contribution is 6.34. The number of carbonyl (C=O) groups is 1.